The third-order valence-corrected chi connectivity index (χ3v) is 13.0. The third kappa shape index (κ3) is 10.8. The summed E-state index contributed by atoms with van der Waals surface area (Å²) in [7, 11) is -2.12. The molecule has 0 radical (unpaired) electrons. The number of amides is 2. The molecule has 1 aliphatic rings. The average molecular weight is 661 g/mol. The molecule has 0 saturated carbocycles. The number of ether oxygens (including phenoxy) is 2. The number of hydrogen-bond donors (Lipinski definition) is 2. The van der Waals surface area contributed by atoms with Crippen LogP contribution in [-0.4, -0.2) is 71.7 Å². The highest BCUT2D eigenvalue weighted by atomic mass is 28.4. The zero-order valence-corrected chi connectivity index (χ0v) is 28.0. The number of nitrogens with one attached hydrogen (secondary N) is 1. The van der Waals surface area contributed by atoms with Crippen LogP contribution in [0.25, 0.3) is 0 Å². The van der Waals surface area contributed by atoms with Gasteiger partial charge in [-0.2, -0.15) is 0 Å². The van der Waals surface area contributed by atoms with E-state index in [1.807, 2.05) is 0 Å². The maximum atomic E-state index is 13.2. The maximum Gasteiger partial charge on any atom is 0.410 e. The van der Waals surface area contributed by atoms with Crippen molar-refractivity contribution in [2.24, 2.45) is 0 Å². The summed E-state index contributed by atoms with van der Waals surface area (Å²) in [6, 6.07) is 11.3. The van der Waals surface area contributed by atoms with Crippen LogP contribution in [0.3, 0.4) is 0 Å². The molecule has 1 heterocycles. The van der Waals surface area contributed by atoms with Gasteiger partial charge in [0.2, 0.25) is 0 Å². The van der Waals surface area contributed by atoms with E-state index < -0.39 is 36.5 Å². The van der Waals surface area contributed by atoms with Crippen molar-refractivity contribution in [2.45, 2.75) is 96.1 Å². The number of hydrogen-bond acceptors (Lipinski definition) is 10. The lowest BCUT2D eigenvalue weighted by Gasteiger charge is -2.38. The van der Waals surface area contributed by atoms with Gasteiger partial charge in [0.25, 0.3) is 11.4 Å². The van der Waals surface area contributed by atoms with Gasteiger partial charge in [0.05, 0.1) is 22.1 Å². The number of rotatable bonds is 14. The van der Waals surface area contributed by atoms with Crippen LogP contribution in [-0.2, 0) is 27.1 Å². The molecule has 2 N–H and O–H groups in total. The zero-order chi connectivity index (χ0) is 34.1. The SMILES string of the molecule is CC(C)(C)[Si](C)(C)O[C@@H]1C[C@H](CCC(O)CCNC(=O)OCc2ccc([N+](=O)[O-])cc2)N(C(=O)OCc2ccc([N+](=O)[O-])cc2)C1. The number of aliphatic hydroxyl groups excluding tert-OH is 1. The molecule has 2 aromatic carbocycles. The highest BCUT2D eigenvalue weighted by Gasteiger charge is 2.44. The fourth-order valence-corrected chi connectivity index (χ4v) is 6.13. The first-order valence-electron chi connectivity index (χ1n) is 15.2. The van der Waals surface area contributed by atoms with E-state index in [1.54, 1.807) is 17.0 Å². The highest BCUT2D eigenvalue weighted by Crippen LogP contribution is 2.39. The minimum absolute atomic E-state index is 0.0153. The molecule has 1 fully saturated rings. The van der Waals surface area contributed by atoms with Crippen molar-refractivity contribution in [3.05, 3.63) is 79.9 Å². The monoisotopic (exact) mass is 660 g/mol. The van der Waals surface area contributed by atoms with Crippen molar-refractivity contribution in [1.29, 1.82) is 0 Å². The van der Waals surface area contributed by atoms with Gasteiger partial charge in [-0.1, -0.05) is 20.8 Å². The van der Waals surface area contributed by atoms with Crippen molar-refractivity contribution in [2.75, 3.05) is 13.1 Å². The van der Waals surface area contributed by atoms with Gasteiger partial charge in [-0.15, -0.1) is 0 Å². The van der Waals surface area contributed by atoms with Gasteiger partial charge in [-0.3, -0.25) is 20.2 Å². The predicted octanol–water partition coefficient (Wildman–Crippen LogP) is 6.06. The molecule has 1 unspecified atom stereocenters. The lowest BCUT2D eigenvalue weighted by molar-refractivity contribution is -0.385. The van der Waals surface area contributed by atoms with E-state index in [-0.39, 0.29) is 54.7 Å². The molecular formula is C31H44N4O10Si. The van der Waals surface area contributed by atoms with Crippen LogP contribution < -0.4 is 5.32 Å². The van der Waals surface area contributed by atoms with Crippen LogP contribution in [0, 0.1) is 20.2 Å². The molecule has 3 atom stereocenters. The number of alkyl carbamates (subject to hydrolysis) is 1. The number of carbonyl (C=O) groups excluding carboxylic acids is 2. The van der Waals surface area contributed by atoms with Crippen LogP contribution in [0.4, 0.5) is 21.0 Å². The van der Waals surface area contributed by atoms with Gasteiger partial charge in [-0.05, 0) is 79.2 Å². The normalized spacial score (nSPS) is 17.3. The first-order valence-corrected chi connectivity index (χ1v) is 18.1. The van der Waals surface area contributed by atoms with Gasteiger partial charge < -0.3 is 29.2 Å². The summed E-state index contributed by atoms with van der Waals surface area (Å²) in [4.78, 5) is 47.6. The minimum Gasteiger partial charge on any atom is -0.445 e. The van der Waals surface area contributed by atoms with Crippen molar-refractivity contribution >= 4 is 31.9 Å². The van der Waals surface area contributed by atoms with Crippen molar-refractivity contribution < 1.29 is 38.4 Å². The van der Waals surface area contributed by atoms with E-state index in [2.05, 4.69) is 39.2 Å². The Bertz CT molecular complexity index is 1350. The molecule has 1 saturated heterocycles. The molecule has 252 valence electrons. The van der Waals surface area contributed by atoms with Gasteiger partial charge in [0, 0.05) is 43.4 Å². The van der Waals surface area contributed by atoms with Crippen molar-refractivity contribution in [3.63, 3.8) is 0 Å². The van der Waals surface area contributed by atoms with Gasteiger partial charge >= 0.3 is 12.2 Å². The zero-order valence-electron chi connectivity index (χ0n) is 27.0. The van der Waals surface area contributed by atoms with E-state index in [0.29, 0.717) is 36.9 Å². The van der Waals surface area contributed by atoms with Crippen LogP contribution in [0.5, 0.6) is 0 Å². The summed E-state index contributed by atoms with van der Waals surface area (Å²) < 4.78 is 17.3. The summed E-state index contributed by atoms with van der Waals surface area (Å²) in [5, 5.41) is 34.9. The second-order valence-corrected chi connectivity index (χ2v) is 17.7. The molecular weight excluding hydrogens is 616 g/mol. The molecule has 0 aromatic heterocycles. The summed E-state index contributed by atoms with van der Waals surface area (Å²) >= 11 is 0. The first kappa shape index (κ1) is 36.4. The molecule has 0 aliphatic carbocycles. The summed E-state index contributed by atoms with van der Waals surface area (Å²) in [5.74, 6) is 0. The number of nitro benzene ring substituents is 2. The molecule has 2 amide bonds. The number of aliphatic hydroxyl groups is 1. The molecule has 15 heteroatoms. The summed E-state index contributed by atoms with van der Waals surface area (Å²) in [6.07, 6.45) is -0.368. The maximum absolute atomic E-state index is 13.2. The largest absolute Gasteiger partial charge is 0.445 e. The Hall–Kier alpha value is -4.08. The van der Waals surface area contributed by atoms with Crippen LogP contribution >= 0.6 is 0 Å². The average Bonchev–Trinajstić information content (AvgIpc) is 3.39. The van der Waals surface area contributed by atoms with E-state index in [4.69, 9.17) is 13.9 Å². The second-order valence-electron chi connectivity index (χ2n) is 13.0. The summed E-state index contributed by atoms with van der Waals surface area (Å²) in [6.45, 7) is 11.2. The van der Waals surface area contributed by atoms with Crippen LogP contribution in [0.2, 0.25) is 18.1 Å². The smallest absolute Gasteiger partial charge is 0.410 e. The second kappa shape index (κ2) is 16.0. The fraction of sp³-hybridized carbons (Fsp3) is 0.548. The first-order chi connectivity index (χ1) is 21.6. The highest BCUT2D eigenvalue weighted by molar-refractivity contribution is 6.74. The predicted molar refractivity (Wildman–Crippen MR) is 172 cm³/mol. The van der Waals surface area contributed by atoms with Gasteiger partial charge in [0.1, 0.15) is 13.2 Å². The van der Waals surface area contributed by atoms with E-state index in [1.165, 1.54) is 36.4 Å². The molecule has 46 heavy (non-hydrogen) atoms. The lowest BCUT2D eigenvalue weighted by atomic mass is 10.0. The Morgan fingerprint density at radius 1 is 0.957 bits per heavy atom. The lowest BCUT2D eigenvalue weighted by Crippen LogP contribution is -2.44. The molecule has 2 aromatic rings. The Balaban J connectivity index is 1.50. The van der Waals surface area contributed by atoms with Gasteiger partial charge in [-0.25, -0.2) is 9.59 Å². The number of benzene rings is 2. The molecule has 0 spiro atoms. The number of carbonyl (C=O) groups is 2. The molecule has 14 nitrogen and oxygen atoms in total. The Morgan fingerprint density at radius 3 is 1.98 bits per heavy atom. The van der Waals surface area contributed by atoms with Gasteiger partial charge in [0.15, 0.2) is 8.32 Å². The quantitative estimate of drug-likeness (QED) is 0.137. The standard InChI is InChI=1S/C31H44N4O10Si/c1-31(2,3)46(4,5)45-28-18-26(33(19-28)30(38)44-21-23-8-12-25(13-9-23)35(41)42)14-15-27(36)16-17-32-29(37)43-20-22-6-10-24(11-7-22)34(39)40/h6-13,26-28,36H,14-21H2,1-5H3,(H,32,37)/t26-,27?,28+/m0/s1. The van der Waals surface area contributed by atoms with Crippen LogP contribution in [0.15, 0.2) is 48.5 Å². The van der Waals surface area contributed by atoms with Crippen molar-refractivity contribution in [1.82, 2.24) is 10.2 Å². The van der Waals surface area contributed by atoms with E-state index in [0.717, 1.165) is 0 Å². The molecule has 0 bridgehead atoms. The number of likely N-dealkylation sites (tertiary alicyclic amines) is 1. The van der Waals surface area contributed by atoms with E-state index >= 15 is 0 Å². The number of nitro groups is 2. The molecule has 3 rings (SSSR count). The Kier molecular flexibility index (Phi) is 12.6. The Morgan fingerprint density at radius 2 is 1.48 bits per heavy atom. The number of nitrogens with zero attached hydrogens (tertiary/aromatic N) is 3. The fourth-order valence-electron chi connectivity index (χ4n) is 4.78. The van der Waals surface area contributed by atoms with Crippen LogP contribution in [0.1, 0.15) is 57.6 Å². The molecule has 1 aliphatic heterocycles. The minimum atomic E-state index is -2.12. The summed E-state index contributed by atoms with van der Waals surface area (Å²) in [5.41, 5.74) is 1.12. The van der Waals surface area contributed by atoms with Crippen molar-refractivity contribution in [3.8, 4) is 0 Å². The topological polar surface area (TPSA) is 184 Å². The number of non-ortho nitro benzene ring substituents is 2. The Labute approximate surface area is 269 Å². The third-order valence-electron chi connectivity index (χ3n) is 8.48. The van der Waals surface area contributed by atoms with E-state index in [9.17, 15) is 34.9 Å².